The molecule has 1 aliphatic heterocycles. The number of unbranched alkanes of at least 4 members (excludes halogenated alkanes) is 1. The molecule has 1 saturated heterocycles. The van der Waals surface area contributed by atoms with Crippen molar-refractivity contribution in [3.8, 4) is 0 Å². The van der Waals surface area contributed by atoms with Crippen LogP contribution in [0.5, 0.6) is 0 Å². The molecule has 2 atom stereocenters. The fraction of sp³-hybridized carbons (Fsp3) is 0.933. The van der Waals surface area contributed by atoms with Gasteiger partial charge in [0.25, 0.3) is 0 Å². The summed E-state index contributed by atoms with van der Waals surface area (Å²) in [6, 6.07) is 0.702. The highest BCUT2D eigenvalue weighted by Crippen LogP contribution is 2.17. The molecule has 20 heavy (non-hydrogen) atoms. The van der Waals surface area contributed by atoms with Crippen LogP contribution in [0.25, 0.3) is 0 Å². The van der Waals surface area contributed by atoms with Crippen LogP contribution in [-0.2, 0) is 4.79 Å². The maximum absolute atomic E-state index is 11.5. The van der Waals surface area contributed by atoms with Gasteiger partial charge in [0.05, 0.1) is 5.54 Å². The molecule has 1 fully saturated rings. The number of primary amides is 1. The van der Waals surface area contributed by atoms with Gasteiger partial charge in [-0.2, -0.15) is 0 Å². The van der Waals surface area contributed by atoms with Gasteiger partial charge in [0.15, 0.2) is 0 Å². The first-order valence-electron chi connectivity index (χ1n) is 7.82. The third-order valence-electron chi connectivity index (χ3n) is 4.49. The molecule has 0 saturated carbocycles. The predicted octanol–water partition coefficient (Wildman–Crippen LogP) is 0.646. The van der Waals surface area contributed by atoms with Crippen molar-refractivity contribution in [2.24, 2.45) is 5.73 Å². The van der Waals surface area contributed by atoms with Crippen LogP contribution in [0.1, 0.15) is 39.5 Å². The first kappa shape index (κ1) is 17.4. The number of hydrogen-bond acceptors (Lipinski definition) is 4. The second kappa shape index (κ2) is 7.96. The Hall–Kier alpha value is -0.650. The van der Waals surface area contributed by atoms with E-state index < -0.39 is 5.54 Å². The van der Waals surface area contributed by atoms with Crippen molar-refractivity contribution in [1.29, 1.82) is 0 Å². The molecular weight excluding hydrogens is 252 g/mol. The average Bonchev–Trinajstić information content (AvgIpc) is 2.84. The average molecular weight is 284 g/mol. The Kier molecular flexibility index (Phi) is 6.92. The van der Waals surface area contributed by atoms with Crippen molar-refractivity contribution in [2.75, 3.05) is 40.3 Å². The highest BCUT2D eigenvalue weighted by atomic mass is 16.1. The number of likely N-dealkylation sites (N-methyl/N-ethyl adjacent to an activating group) is 2. The molecule has 0 radical (unpaired) electrons. The van der Waals surface area contributed by atoms with Gasteiger partial charge in [-0.05, 0) is 66.3 Å². The van der Waals surface area contributed by atoms with Gasteiger partial charge in [-0.15, -0.1) is 0 Å². The normalized spacial score (nSPS) is 23.1. The summed E-state index contributed by atoms with van der Waals surface area (Å²) in [6.45, 7) is 8.20. The van der Waals surface area contributed by atoms with E-state index in [2.05, 4.69) is 29.2 Å². The lowest BCUT2D eigenvalue weighted by Gasteiger charge is -2.27. The minimum absolute atomic E-state index is 0.242. The zero-order chi connectivity index (χ0) is 15.2. The number of carbonyl (C=O) groups is 1. The van der Waals surface area contributed by atoms with Crippen LogP contribution in [0.15, 0.2) is 0 Å². The van der Waals surface area contributed by atoms with E-state index in [-0.39, 0.29) is 5.91 Å². The summed E-state index contributed by atoms with van der Waals surface area (Å²) in [7, 11) is 4.31. The molecule has 0 aromatic carbocycles. The predicted molar refractivity (Wildman–Crippen MR) is 83.7 cm³/mol. The van der Waals surface area contributed by atoms with Crippen LogP contribution in [0.4, 0.5) is 0 Å². The second-order valence-corrected chi connectivity index (χ2v) is 6.39. The summed E-state index contributed by atoms with van der Waals surface area (Å²) in [5.74, 6) is -0.242. The topological polar surface area (TPSA) is 61.6 Å². The Morgan fingerprint density at radius 3 is 2.65 bits per heavy atom. The van der Waals surface area contributed by atoms with E-state index in [1.54, 1.807) is 0 Å². The Labute approximate surface area is 123 Å². The van der Waals surface area contributed by atoms with Crippen molar-refractivity contribution >= 4 is 5.91 Å². The van der Waals surface area contributed by atoms with Crippen LogP contribution in [0, 0.1) is 0 Å². The zero-order valence-corrected chi connectivity index (χ0v) is 13.6. The Morgan fingerprint density at radius 1 is 1.45 bits per heavy atom. The molecule has 2 unspecified atom stereocenters. The van der Waals surface area contributed by atoms with Gasteiger partial charge in [-0.1, -0.05) is 6.92 Å². The van der Waals surface area contributed by atoms with Crippen molar-refractivity contribution < 1.29 is 4.79 Å². The highest BCUT2D eigenvalue weighted by Gasteiger charge is 2.29. The van der Waals surface area contributed by atoms with E-state index in [1.165, 1.54) is 19.5 Å². The van der Waals surface area contributed by atoms with E-state index >= 15 is 0 Å². The fourth-order valence-corrected chi connectivity index (χ4v) is 2.94. The highest BCUT2D eigenvalue weighted by molar-refractivity contribution is 5.84. The molecule has 5 heteroatoms. The SMILES string of the molecule is CCNC(C)(CCCCN1CCC(N(C)C)C1)C(N)=O. The maximum Gasteiger partial charge on any atom is 0.237 e. The number of amides is 1. The minimum Gasteiger partial charge on any atom is -0.368 e. The lowest BCUT2D eigenvalue weighted by Crippen LogP contribution is -2.53. The number of nitrogens with two attached hydrogens (primary N) is 1. The van der Waals surface area contributed by atoms with E-state index in [4.69, 9.17) is 5.73 Å². The number of carbonyl (C=O) groups excluding carboxylic acids is 1. The lowest BCUT2D eigenvalue weighted by molar-refractivity contribution is -0.124. The van der Waals surface area contributed by atoms with Gasteiger partial charge in [-0.3, -0.25) is 4.79 Å². The molecule has 1 heterocycles. The van der Waals surface area contributed by atoms with Gasteiger partial charge in [-0.25, -0.2) is 0 Å². The third kappa shape index (κ3) is 5.04. The molecule has 0 aromatic rings. The smallest absolute Gasteiger partial charge is 0.237 e. The summed E-state index contributed by atoms with van der Waals surface area (Å²) < 4.78 is 0. The monoisotopic (exact) mass is 284 g/mol. The summed E-state index contributed by atoms with van der Waals surface area (Å²) >= 11 is 0. The molecule has 1 amide bonds. The van der Waals surface area contributed by atoms with Crippen LogP contribution >= 0.6 is 0 Å². The van der Waals surface area contributed by atoms with Gasteiger partial charge < -0.3 is 20.9 Å². The van der Waals surface area contributed by atoms with Crippen molar-refractivity contribution in [1.82, 2.24) is 15.1 Å². The number of rotatable bonds is 9. The molecule has 0 aliphatic carbocycles. The van der Waals surface area contributed by atoms with Gasteiger partial charge in [0.2, 0.25) is 5.91 Å². The molecule has 1 aliphatic rings. The van der Waals surface area contributed by atoms with E-state index in [0.717, 1.165) is 32.4 Å². The van der Waals surface area contributed by atoms with Gasteiger partial charge in [0, 0.05) is 12.6 Å². The Balaban J connectivity index is 2.23. The number of likely N-dealkylation sites (tertiary alicyclic amines) is 1. The first-order valence-corrected chi connectivity index (χ1v) is 7.82. The van der Waals surface area contributed by atoms with Crippen molar-refractivity contribution in [3.63, 3.8) is 0 Å². The molecule has 5 nitrogen and oxygen atoms in total. The lowest BCUT2D eigenvalue weighted by atomic mass is 9.94. The summed E-state index contributed by atoms with van der Waals surface area (Å²) in [5.41, 5.74) is 4.95. The molecule has 0 spiro atoms. The zero-order valence-electron chi connectivity index (χ0n) is 13.6. The Morgan fingerprint density at radius 2 is 2.15 bits per heavy atom. The third-order valence-corrected chi connectivity index (χ3v) is 4.49. The van der Waals surface area contributed by atoms with E-state index in [1.807, 2.05) is 13.8 Å². The fourth-order valence-electron chi connectivity index (χ4n) is 2.94. The molecule has 0 bridgehead atoms. The number of nitrogens with zero attached hydrogens (tertiary/aromatic N) is 2. The van der Waals surface area contributed by atoms with Crippen molar-refractivity contribution in [3.05, 3.63) is 0 Å². The molecular formula is C15H32N4O. The standard InChI is InChI=1S/C15H32N4O/c1-5-17-15(2,14(16)20)9-6-7-10-19-11-8-13(12-19)18(3)4/h13,17H,5-12H2,1-4H3,(H2,16,20). The second-order valence-electron chi connectivity index (χ2n) is 6.39. The summed E-state index contributed by atoms with van der Waals surface area (Å²) in [5, 5.41) is 3.21. The summed E-state index contributed by atoms with van der Waals surface area (Å²) in [4.78, 5) is 16.4. The molecule has 0 aromatic heterocycles. The van der Waals surface area contributed by atoms with E-state index in [9.17, 15) is 4.79 Å². The molecule has 3 N–H and O–H groups in total. The van der Waals surface area contributed by atoms with Crippen molar-refractivity contribution in [2.45, 2.75) is 51.1 Å². The maximum atomic E-state index is 11.5. The van der Waals surface area contributed by atoms with Crippen LogP contribution in [0.3, 0.4) is 0 Å². The number of hydrogen-bond donors (Lipinski definition) is 2. The largest absolute Gasteiger partial charge is 0.368 e. The van der Waals surface area contributed by atoms with Crippen LogP contribution in [-0.4, -0.2) is 67.6 Å². The first-order chi connectivity index (χ1) is 9.39. The minimum atomic E-state index is -0.550. The quantitative estimate of drug-likeness (QED) is 0.610. The number of nitrogens with one attached hydrogen (secondary N) is 1. The van der Waals surface area contributed by atoms with Crippen LogP contribution in [0.2, 0.25) is 0 Å². The molecule has 118 valence electrons. The Bertz CT molecular complexity index is 308. The molecule has 1 rings (SSSR count). The van der Waals surface area contributed by atoms with Gasteiger partial charge >= 0.3 is 0 Å². The van der Waals surface area contributed by atoms with E-state index in [0.29, 0.717) is 6.04 Å². The summed E-state index contributed by atoms with van der Waals surface area (Å²) in [6.07, 6.45) is 4.26. The van der Waals surface area contributed by atoms with Crippen LogP contribution < -0.4 is 11.1 Å². The van der Waals surface area contributed by atoms with Gasteiger partial charge in [0.1, 0.15) is 0 Å².